The van der Waals surface area contributed by atoms with Gasteiger partial charge in [0, 0.05) is 31.9 Å². The van der Waals surface area contributed by atoms with Crippen molar-refractivity contribution in [1.29, 1.82) is 0 Å². The molecule has 1 aromatic heterocycles. The van der Waals surface area contributed by atoms with Crippen LogP contribution in [0.2, 0.25) is 0 Å². The van der Waals surface area contributed by atoms with Crippen molar-refractivity contribution in [1.82, 2.24) is 9.88 Å². The number of rotatable bonds is 3. The third-order valence-electron chi connectivity index (χ3n) is 2.56. The van der Waals surface area contributed by atoms with E-state index in [2.05, 4.69) is 4.98 Å². The Kier molecular flexibility index (Phi) is 2.77. The number of amides is 1. The summed E-state index contributed by atoms with van der Waals surface area (Å²) in [5, 5.41) is 0. The first-order valence-corrected chi connectivity index (χ1v) is 5.03. The molecule has 2 rings (SSSR count). The van der Waals surface area contributed by atoms with Crippen molar-refractivity contribution >= 4 is 5.91 Å². The normalized spacial score (nSPS) is 15.0. The summed E-state index contributed by atoms with van der Waals surface area (Å²) in [5.74, 6) is 0.278. The van der Waals surface area contributed by atoms with Crippen LogP contribution in [-0.2, 0) is 11.2 Å². The number of aromatic nitrogens is 1. The highest BCUT2D eigenvalue weighted by molar-refractivity contribution is 5.77. The molecule has 0 unspecified atom stereocenters. The molecule has 2 heterocycles. The van der Waals surface area contributed by atoms with Crippen molar-refractivity contribution in [3.8, 4) is 0 Å². The molecular formula is C11H14N2O. The predicted molar refractivity (Wildman–Crippen MR) is 53.8 cm³/mol. The topological polar surface area (TPSA) is 33.2 Å². The van der Waals surface area contributed by atoms with Gasteiger partial charge in [-0.25, -0.2) is 0 Å². The second-order valence-corrected chi connectivity index (χ2v) is 3.60. The molecule has 3 nitrogen and oxygen atoms in total. The zero-order valence-corrected chi connectivity index (χ0v) is 8.15. The van der Waals surface area contributed by atoms with Crippen LogP contribution in [0.3, 0.4) is 0 Å². The molecule has 0 N–H and O–H groups in total. The second-order valence-electron chi connectivity index (χ2n) is 3.60. The average molecular weight is 190 g/mol. The number of likely N-dealkylation sites (tertiary alicyclic amines) is 1. The van der Waals surface area contributed by atoms with Crippen LogP contribution in [0.4, 0.5) is 0 Å². The number of hydrogen-bond donors (Lipinski definition) is 0. The maximum absolute atomic E-state index is 11.5. The van der Waals surface area contributed by atoms with Crippen LogP contribution in [0.1, 0.15) is 18.4 Å². The Hall–Kier alpha value is -1.38. The average Bonchev–Trinajstić information content (AvgIpc) is 2.14. The van der Waals surface area contributed by atoms with E-state index in [1.807, 2.05) is 23.2 Å². The minimum Gasteiger partial charge on any atom is -0.343 e. The third-order valence-corrected chi connectivity index (χ3v) is 2.56. The van der Waals surface area contributed by atoms with Crippen molar-refractivity contribution < 1.29 is 4.79 Å². The van der Waals surface area contributed by atoms with Crippen LogP contribution in [0.15, 0.2) is 24.5 Å². The molecule has 0 bridgehead atoms. The van der Waals surface area contributed by atoms with Crippen LogP contribution in [0.25, 0.3) is 0 Å². The van der Waals surface area contributed by atoms with E-state index >= 15 is 0 Å². The summed E-state index contributed by atoms with van der Waals surface area (Å²) < 4.78 is 0. The summed E-state index contributed by atoms with van der Waals surface area (Å²) in [6.45, 7) is 1.90. The molecule has 0 spiro atoms. The standard InChI is InChI=1S/C11H14N2O/c14-11(13-7-2-8-13)5-4-10-3-1-6-12-9-10/h1,3,6,9H,2,4-5,7-8H2. The molecule has 1 saturated heterocycles. The predicted octanol–water partition coefficient (Wildman–Crippen LogP) is 1.25. The molecule has 0 radical (unpaired) electrons. The van der Waals surface area contributed by atoms with Gasteiger partial charge >= 0.3 is 0 Å². The van der Waals surface area contributed by atoms with Gasteiger partial charge in [-0.3, -0.25) is 9.78 Å². The quantitative estimate of drug-likeness (QED) is 0.718. The molecule has 1 aliphatic heterocycles. The minimum atomic E-state index is 0.278. The lowest BCUT2D eigenvalue weighted by Crippen LogP contribution is -2.42. The maximum atomic E-state index is 11.5. The van der Waals surface area contributed by atoms with E-state index in [0.29, 0.717) is 6.42 Å². The summed E-state index contributed by atoms with van der Waals surface area (Å²) in [6, 6.07) is 3.92. The zero-order valence-electron chi connectivity index (χ0n) is 8.15. The Bertz CT molecular complexity index is 306. The Balaban J connectivity index is 1.79. The molecule has 1 aliphatic rings. The van der Waals surface area contributed by atoms with Crippen LogP contribution < -0.4 is 0 Å². The van der Waals surface area contributed by atoms with E-state index in [4.69, 9.17) is 0 Å². The highest BCUT2D eigenvalue weighted by Crippen LogP contribution is 2.09. The molecule has 14 heavy (non-hydrogen) atoms. The minimum absolute atomic E-state index is 0.278. The fraction of sp³-hybridized carbons (Fsp3) is 0.455. The van der Waals surface area contributed by atoms with Crippen molar-refractivity contribution in [2.45, 2.75) is 19.3 Å². The van der Waals surface area contributed by atoms with E-state index in [0.717, 1.165) is 25.1 Å². The van der Waals surface area contributed by atoms with Gasteiger partial charge in [-0.1, -0.05) is 6.07 Å². The van der Waals surface area contributed by atoms with E-state index in [-0.39, 0.29) is 5.91 Å². The number of nitrogens with zero attached hydrogens (tertiary/aromatic N) is 2. The Morgan fingerprint density at radius 3 is 2.93 bits per heavy atom. The van der Waals surface area contributed by atoms with Gasteiger partial charge in [-0.05, 0) is 24.5 Å². The summed E-state index contributed by atoms with van der Waals surface area (Å²) in [4.78, 5) is 17.4. The van der Waals surface area contributed by atoms with Crippen molar-refractivity contribution in [3.05, 3.63) is 30.1 Å². The first-order valence-electron chi connectivity index (χ1n) is 5.03. The molecule has 0 aromatic carbocycles. The lowest BCUT2D eigenvalue weighted by Gasteiger charge is -2.30. The molecule has 0 aliphatic carbocycles. The third kappa shape index (κ3) is 2.10. The SMILES string of the molecule is O=C(CCc1cccnc1)N1CCC1. The molecule has 0 atom stereocenters. The van der Waals surface area contributed by atoms with Gasteiger partial charge < -0.3 is 4.90 Å². The zero-order chi connectivity index (χ0) is 9.80. The second kappa shape index (κ2) is 4.22. The van der Waals surface area contributed by atoms with E-state index in [1.165, 1.54) is 6.42 Å². The van der Waals surface area contributed by atoms with Crippen molar-refractivity contribution in [2.75, 3.05) is 13.1 Å². The smallest absolute Gasteiger partial charge is 0.222 e. The van der Waals surface area contributed by atoms with Crippen molar-refractivity contribution in [2.24, 2.45) is 0 Å². The summed E-state index contributed by atoms with van der Waals surface area (Å²) in [5.41, 5.74) is 1.14. The van der Waals surface area contributed by atoms with Gasteiger partial charge in [0.05, 0.1) is 0 Å². The van der Waals surface area contributed by atoms with Gasteiger partial charge in [0.25, 0.3) is 0 Å². The number of carbonyl (C=O) groups is 1. The van der Waals surface area contributed by atoms with Gasteiger partial charge in [-0.15, -0.1) is 0 Å². The summed E-state index contributed by atoms with van der Waals surface area (Å²) in [6.07, 6.45) is 6.16. The number of pyridine rings is 1. The molecule has 74 valence electrons. The molecule has 1 amide bonds. The summed E-state index contributed by atoms with van der Waals surface area (Å²) >= 11 is 0. The Morgan fingerprint density at radius 1 is 1.50 bits per heavy atom. The van der Waals surface area contributed by atoms with E-state index < -0.39 is 0 Å². The molecule has 1 fully saturated rings. The molecular weight excluding hydrogens is 176 g/mol. The monoisotopic (exact) mass is 190 g/mol. The highest BCUT2D eigenvalue weighted by Gasteiger charge is 2.19. The van der Waals surface area contributed by atoms with Gasteiger partial charge in [0.2, 0.25) is 5.91 Å². The fourth-order valence-corrected chi connectivity index (χ4v) is 1.52. The number of carbonyl (C=O) groups excluding carboxylic acids is 1. The summed E-state index contributed by atoms with van der Waals surface area (Å²) in [7, 11) is 0. The lowest BCUT2D eigenvalue weighted by atomic mass is 10.1. The van der Waals surface area contributed by atoms with Gasteiger partial charge in [0.1, 0.15) is 0 Å². The van der Waals surface area contributed by atoms with Crippen molar-refractivity contribution in [3.63, 3.8) is 0 Å². The first-order chi connectivity index (χ1) is 6.86. The number of aryl methyl sites for hydroxylation is 1. The Morgan fingerprint density at radius 2 is 2.36 bits per heavy atom. The first kappa shape index (κ1) is 9.19. The van der Waals surface area contributed by atoms with Crippen LogP contribution >= 0.6 is 0 Å². The van der Waals surface area contributed by atoms with Crippen LogP contribution in [0.5, 0.6) is 0 Å². The highest BCUT2D eigenvalue weighted by atomic mass is 16.2. The van der Waals surface area contributed by atoms with Gasteiger partial charge in [0.15, 0.2) is 0 Å². The largest absolute Gasteiger partial charge is 0.343 e. The number of hydrogen-bond acceptors (Lipinski definition) is 2. The fourth-order valence-electron chi connectivity index (χ4n) is 1.52. The molecule has 0 saturated carbocycles. The van der Waals surface area contributed by atoms with E-state index in [1.54, 1.807) is 6.20 Å². The molecule has 3 heteroatoms. The van der Waals surface area contributed by atoms with Gasteiger partial charge in [-0.2, -0.15) is 0 Å². The maximum Gasteiger partial charge on any atom is 0.222 e. The van der Waals surface area contributed by atoms with Crippen LogP contribution in [-0.4, -0.2) is 28.9 Å². The van der Waals surface area contributed by atoms with E-state index in [9.17, 15) is 4.79 Å². The Labute approximate surface area is 83.8 Å². The lowest BCUT2D eigenvalue weighted by molar-refractivity contribution is -0.134. The molecule has 1 aromatic rings. The van der Waals surface area contributed by atoms with Crippen LogP contribution in [0, 0.1) is 0 Å².